The van der Waals surface area contributed by atoms with E-state index >= 15 is 0 Å². The first-order valence-electron chi connectivity index (χ1n) is 5.59. The number of Topliss-reactive ketones (excluding diaryl/α,β-unsaturated/α-hetero) is 1. The number of aromatic amines is 1. The molecule has 0 fully saturated rings. The summed E-state index contributed by atoms with van der Waals surface area (Å²) < 4.78 is 13.1. The third-order valence-electron chi connectivity index (χ3n) is 3.23. The zero-order valence-electron chi connectivity index (χ0n) is 8.85. The smallest absolute Gasteiger partial charge is 0.179 e. The third-order valence-corrected chi connectivity index (χ3v) is 3.23. The molecular formula is C13H12FNO. The summed E-state index contributed by atoms with van der Waals surface area (Å²) in [7, 11) is 0. The van der Waals surface area contributed by atoms with Crippen molar-refractivity contribution in [3.8, 4) is 0 Å². The highest BCUT2D eigenvalue weighted by molar-refractivity contribution is 6.02. The van der Waals surface area contributed by atoms with E-state index in [-0.39, 0.29) is 11.6 Å². The predicted molar refractivity (Wildman–Crippen MR) is 60.1 cm³/mol. The zero-order valence-corrected chi connectivity index (χ0v) is 8.85. The topological polar surface area (TPSA) is 32.9 Å². The molecule has 3 heteroatoms. The van der Waals surface area contributed by atoms with Gasteiger partial charge in [-0.15, -0.1) is 0 Å². The molecule has 0 bridgehead atoms. The van der Waals surface area contributed by atoms with Crippen LogP contribution in [0.5, 0.6) is 0 Å². The Labute approximate surface area is 92.5 Å². The van der Waals surface area contributed by atoms with E-state index in [4.69, 9.17) is 0 Å². The minimum absolute atomic E-state index is 0.157. The molecule has 82 valence electrons. The summed E-state index contributed by atoms with van der Waals surface area (Å²) >= 11 is 0. The molecule has 2 nitrogen and oxygen atoms in total. The van der Waals surface area contributed by atoms with Crippen molar-refractivity contribution in [2.24, 2.45) is 0 Å². The van der Waals surface area contributed by atoms with E-state index in [9.17, 15) is 9.18 Å². The van der Waals surface area contributed by atoms with E-state index in [0.717, 1.165) is 35.7 Å². The summed E-state index contributed by atoms with van der Waals surface area (Å²) in [6.07, 6.45) is 3.49. The number of fused-ring (bicyclic) bond motifs is 3. The normalized spacial score (nSPS) is 16.2. The first kappa shape index (κ1) is 9.58. The number of H-pyrrole nitrogens is 1. The van der Waals surface area contributed by atoms with Gasteiger partial charge in [0.05, 0.1) is 5.69 Å². The van der Waals surface area contributed by atoms with Crippen LogP contribution < -0.4 is 0 Å². The molecule has 0 saturated carbocycles. The second-order valence-corrected chi connectivity index (χ2v) is 4.30. The number of halogens is 1. The second kappa shape index (κ2) is 3.44. The Balaban J connectivity index is 2.29. The molecule has 0 spiro atoms. The van der Waals surface area contributed by atoms with Gasteiger partial charge in [0, 0.05) is 17.3 Å². The van der Waals surface area contributed by atoms with E-state index in [2.05, 4.69) is 4.98 Å². The van der Waals surface area contributed by atoms with Crippen molar-refractivity contribution in [3.63, 3.8) is 0 Å². The standard InChI is InChI=1S/C13H12FNO/c14-8-5-6-9-10-3-1-2-4-12(16)13(10)15-11(9)7-8/h5-7,15H,1-4H2. The summed E-state index contributed by atoms with van der Waals surface area (Å²) in [6, 6.07) is 4.67. The maximum atomic E-state index is 13.1. The van der Waals surface area contributed by atoms with Crippen molar-refractivity contribution in [2.75, 3.05) is 0 Å². The van der Waals surface area contributed by atoms with Gasteiger partial charge in [-0.05, 0) is 43.0 Å². The molecule has 0 unspecified atom stereocenters. The van der Waals surface area contributed by atoms with Gasteiger partial charge in [-0.1, -0.05) is 0 Å². The maximum absolute atomic E-state index is 13.1. The molecule has 0 aliphatic heterocycles. The fourth-order valence-electron chi connectivity index (χ4n) is 2.44. The van der Waals surface area contributed by atoms with E-state index in [1.807, 2.05) is 0 Å². The van der Waals surface area contributed by atoms with Gasteiger partial charge in [-0.2, -0.15) is 0 Å². The molecule has 0 atom stereocenters. The lowest BCUT2D eigenvalue weighted by Crippen LogP contribution is -1.98. The van der Waals surface area contributed by atoms with Crippen molar-refractivity contribution in [1.29, 1.82) is 0 Å². The Morgan fingerprint density at radius 2 is 2.00 bits per heavy atom. The van der Waals surface area contributed by atoms with Crippen LogP contribution in [-0.4, -0.2) is 10.8 Å². The first-order chi connectivity index (χ1) is 7.75. The molecule has 1 aromatic carbocycles. The van der Waals surface area contributed by atoms with E-state index in [1.165, 1.54) is 12.1 Å². The average Bonchev–Trinajstić information content (AvgIpc) is 2.52. The summed E-state index contributed by atoms with van der Waals surface area (Å²) in [5, 5.41) is 0.992. The van der Waals surface area contributed by atoms with Crippen LogP contribution in [0.3, 0.4) is 0 Å². The van der Waals surface area contributed by atoms with Crippen LogP contribution in [0.4, 0.5) is 4.39 Å². The zero-order chi connectivity index (χ0) is 11.1. The lowest BCUT2D eigenvalue weighted by atomic mass is 10.1. The SMILES string of the molecule is O=C1CCCCc2c1[nH]c1cc(F)ccc21. The monoisotopic (exact) mass is 217 g/mol. The summed E-state index contributed by atoms with van der Waals surface area (Å²) in [5.41, 5.74) is 2.50. The molecule has 16 heavy (non-hydrogen) atoms. The van der Waals surface area contributed by atoms with Crippen LogP contribution in [0, 0.1) is 5.82 Å². The minimum Gasteiger partial charge on any atom is -0.352 e. The van der Waals surface area contributed by atoms with E-state index in [0.29, 0.717) is 12.1 Å². The van der Waals surface area contributed by atoms with Gasteiger partial charge in [0.15, 0.2) is 5.78 Å². The molecule has 1 heterocycles. The third kappa shape index (κ3) is 1.35. The van der Waals surface area contributed by atoms with Crippen molar-refractivity contribution in [2.45, 2.75) is 25.7 Å². The molecule has 0 radical (unpaired) electrons. The van der Waals surface area contributed by atoms with Gasteiger partial charge < -0.3 is 4.98 Å². The van der Waals surface area contributed by atoms with Gasteiger partial charge in [-0.3, -0.25) is 4.79 Å². The predicted octanol–water partition coefficient (Wildman–Crippen LogP) is 3.22. The molecule has 0 saturated heterocycles. The molecular weight excluding hydrogens is 205 g/mol. The molecule has 3 rings (SSSR count). The number of benzene rings is 1. The lowest BCUT2D eigenvalue weighted by molar-refractivity contribution is 0.0978. The van der Waals surface area contributed by atoms with Crippen LogP contribution >= 0.6 is 0 Å². The summed E-state index contributed by atoms with van der Waals surface area (Å²) in [4.78, 5) is 14.9. The van der Waals surface area contributed by atoms with Gasteiger partial charge >= 0.3 is 0 Å². The average molecular weight is 217 g/mol. The number of aryl methyl sites for hydroxylation is 1. The quantitative estimate of drug-likeness (QED) is 0.675. The Kier molecular flexibility index (Phi) is 2.06. The number of rotatable bonds is 0. The van der Waals surface area contributed by atoms with Crippen molar-refractivity contribution in [3.05, 3.63) is 35.3 Å². The Morgan fingerprint density at radius 1 is 1.19 bits per heavy atom. The van der Waals surface area contributed by atoms with Gasteiger partial charge in [-0.25, -0.2) is 4.39 Å². The van der Waals surface area contributed by atoms with E-state index < -0.39 is 0 Å². The first-order valence-corrected chi connectivity index (χ1v) is 5.59. The van der Waals surface area contributed by atoms with Crippen LogP contribution in [0.2, 0.25) is 0 Å². The highest BCUT2D eigenvalue weighted by atomic mass is 19.1. The van der Waals surface area contributed by atoms with Gasteiger partial charge in [0.1, 0.15) is 5.82 Å². The fourth-order valence-corrected chi connectivity index (χ4v) is 2.44. The molecule has 1 N–H and O–H groups in total. The number of hydrogen-bond acceptors (Lipinski definition) is 1. The Bertz CT molecular complexity index is 571. The van der Waals surface area contributed by atoms with Crippen LogP contribution in [-0.2, 0) is 6.42 Å². The Hall–Kier alpha value is -1.64. The van der Waals surface area contributed by atoms with Crippen LogP contribution in [0.25, 0.3) is 10.9 Å². The van der Waals surface area contributed by atoms with E-state index in [1.54, 1.807) is 6.07 Å². The fraction of sp³-hybridized carbons (Fsp3) is 0.308. The van der Waals surface area contributed by atoms with Crippen molar-refractivity contribution >= 4 is 16.7 Å². The van der Waals surface area contributed by atoms with Gasteiger partial charge in [0.25, 0.3) is 0 Å². The number of ketones is 1. The van der Waals surface area contributed by atoms with Gasteiger partial charge in [0.2, 0.25) is 0 Å². The molecule has 1 aliphatic rings. The largest absolute Gasteiger partial charge is 0.352 e. The number of hydrogen-bond donors (Lipinski definition) is 1. The molecule has 2 aromatic rings. The van der Waals surface area contributed by atoms with Crippen LogP contribution in [0.15, 0.2) is 18.2 Å². The summed E-state index contributed by atoms with van der Waals surface area (Å²) in [6.45, 7) is 0. The summed E-state index contributed by atoms with van der Waals surface area (Å²) in [5.74, 6) is -0.111. The minimum atomic E-state index is -0.267. The van der Waals surface area contributed by atoms with Crippen LogP contribution in [0.1, 0.15) is 35.3 Å². The van der Waals surface area contributed by atoms with Crippen molar-refractivity contribution in [1.82, 2.24) is 4.98 Å². The number of aromatic nitrogens is 1. The lowest BCUT2D eigenvalue weighted by Gasteiger charge is -1.96. The molecule has 1 aliphatic carbocycles. The molecule has 0 amide bonds. The number of carbonyl (C=O) groups excluding carboxylic acids is 1. The number of carbonyl (C=O) groups is 1. The number of nitrogens with one attached hydrogen (secondary N) is 1. The Morgan fingerprint density at radius 3 is 2.88 bits per heavy atom. The molecule has 1 aromatic heterocycles. The second-order valence-electron chi connectivity index (χ2n) is 4.30. The maximum Gasteiger partial charge on any atom is 0.179 e. The van der Waals surface area contributed by atoms with Crippen molar-refractivity contribution < 1.29 is 9.18 Å². The highest BCUT2D eigenvalue weighted by Gasteiger charge is 2.20. The highest BCUT2D eigenvalue weighted by Crippen LogP contribution is 2.28.